The van der Waals surface area contributed by atoms with E-state index in [9.17, 15) is 26.7 Å². The largest absolute Gasteiger partial charge is 0.396 e. The molecular formula is C74H152N4O10S3. The fourth-order valence-electron chi connectivity index (χ4n) is 13.0. The number of aliphatic hydroxyl groups excluding tert-OH is 2. The van der Waals surface area contributed by atoms with Crippen molar-refractivity contribution in [3.05, 3.63) is 0 Å². The summed E-state index contributed by atoms with van der Waals surface area (Å²) in [4.78, 5) is 21.1. The molecule has 7 fully saturated rings. The van der Waals surface area contributed by atoms with Crippen LogP contribution in [0.25, 0.3) is 0 Å². The standard InChI is InChI=1S/C14H27N3O2.C10H20O2S.C9H19NO2S.2C9H18O.C9H18S.C8H18O.C6H14O/c1-13(2)11-15-3-5-17(6-4-15)14(18)12-16-7-9-19-10-8-16;1-10(2,3)8-9-4-6-13(11,12)7-5-9;1-9(2,3)8-10-4-6-13(11,12)7-5-10;1-9(2,3)6-7-4-8(10)5-7;2*1-8(2)7-9-3-5-10-6-4-9;1-7(2,3)6-8(4,5)9;1-6(2,3)4-5-7/h13H,3-12H2,1-2H3;9H,4-8H2,1-3H3;4-8H2,1-3H3;7-8,10H,4-6H2,1-3H3;2*8-9H,3-7H2,1-2H3;9H,6H2,1-5H3;7H,4-5H2,1-3H3. The molecule has 0 unspecified atom stereocenters. The highest BCUT2D eigenvalue weighted by Crippen LogP contribution is 2.37. The van der Waals surface area contributed by atoms with Gasteiger partial charge in [-0.1, -0.05) is 145 Å². The third kappa shape index (κ3) is 56.0. The SMILES string of the molecule is CC(C)(C)CC(C)(C)O.CC(C)(C)CC1CC(O)C1.CC(C)(C)CC1CCS(=O)(=O)CC1.CC(C)(C)CCO.CC(C)(C)CN1CCS(=O)(=O)CC1.CC(C)CC1CCOCC1.CC(C)CC1CCSCC1.CC(C)CN1CCN(C(=O)CN2CCOCC2)CC1. The van der Waals surface area contributed by atoms with Crippen molar-refractivity contribution in [3.63, 3.8) is 0 Å². The average Bonchev–Trinajstić information content (AvgIpc) is 2.15. The summed E-state index contributed by atoms with van der Waals surface area (Å²) in [7, 11) is -5.38. The van der Waals surface area contributed by atoms with E-state index in [1.165, 1.54) is 56.5 Å². The van der Waals surface area contributed by atoms with Crippen molar-refractivity contribution in [2.45, 2.75) is 261 Å². The third-order valence-electron chi connectivity index (χ3n) is 16.7. The second-order valence-corrected chi connectivity index (χ2v) is 41.9. The normalized spacial score (nSPS) is 22.6. The molecule has 0 atom stereocenters. The fraction of sp³-hybridized carbons (Fsp3) is 0.986. The minimum absolute atomic E-state index is 0.0207. The lowest BCUT2D eigenvalue weighted by Crippen LogP contribution is -2.52. The summed E-state index contributed by atoms with van der Waals surface area (Å²) in [6.07, 6.45) is 16.4. The van der Waals surface area contributed by atoms with E-state index in [0.717, 1.165) is 153 Å². The number of thioether (sulfide) groups is 1. The van der Waals surface area contributed by atoms with E-state index in [1.54, 1.807) is 0 Å². The number of carbonyl (C=O) groups excluding carboxylic acids is 1. The molecule has 7 rings (SSSR count). The Morgan fingerprint density at radius 3 is 1.30 bits per heavy atom. The van der Waals surface area contributed by atoms with E-state index >= 15 is 0 Å². The van der Waals surface area contributed by atoms with Crippen LogP contribution in [0.2, 0.25) is 0 Å². The summed E-state index contributed by atoms with van der Waals surface area (Å²) < 4.78 is 55.2. The van der Waals surface area contributed by atoms with Crippen LogP contribution in [0.4, 0.5) is 0 Å². The van der Waals surface area contributed by atoms with E-state index in [4.69, 9.17) is 19.7 Å². The number of aliphatic hydroxyl groups is 3. The lowest BCUT2D eigenvalue weighted by Gasteiger charge is -2.37. The summed E-state index contributed by atoms with van der Waals surface area (Å²) in [6, 6.07) is 0. The molecule has 1 saturated carbocycles. The van der Waals surface area contributed by atoms with Crippen LogP contribution in [0.15, 0.2) is 0 Å². The molecule has 6 saturated heterocycles. The van der Waals surface area contributed by atoms with Gasteiger partial charge in [-0.05, 0) is 184 Å². The van der Waals surface area contributed by atoms with E-state index in [1.807, 2.05) is 18.7 Å². The molecule has 14 nitrogen and oxygen atoms in total. The molecule has 1 aliphatic carbocycles. The molecule has 0 aromatic heterocycles. The minimum atomic E-state index is -2.71. The summed E-state index contributed by atoms with van der Waals surface area (Å²) >= 11 is 2.13. The van der Waals surface area contributed by atoms with Crippen molar-refractivity contribution < 1.29 is 46.4 Å². The molecule has 0 radical (unpaired) electrons. The number of carbonyl (C=O) groups is 1. The smallest absolute Gasteiger partial charge is 0.236 e. The van der Waals surface area contributed by atoms with Gasteiger partial charge < -0.3 is 34.6 Å². The van der Waals surface area contributed by atoms with Gasteiger partial charge in [-0.3, -0.25) is 14.6 Å². The molecule has 0 aromatic rings. The highest BCUT2D eigenvalue weighted by atomic mass is 32.2. The van der Waals surface area contributed by atoms with Gasteiger partial charge in [0, 0.05) is 85.3 Å². The van der Waals surface area contributed by atoms with Gasteiger partial charge in [-0.15, -0.1) is 0 Å². The maximum Gasteiger partial charge on any atom is 0.236 e. The molecule has 0 aromatic carbocycles. The van der Waals surface area contributed by atoms with Crippen LogP contribution < -0.4 is 0 Å². The highest BCUT2D eigenvalue weighted by molar-refractivity contribution is 7.99. The number of sulfone groups is 2. The Morgan fingerprint density at radius 1 is 0.495 bits per heavy atom. The summed E-state index contributed by atoms with van der Waals surface area (Å²) in [5, 5.41) is 26.8. The number of morpholine rings is 1. The van der Waals surface area contributed by atoms with Gasteiger partial charge in [-0.25, -0.2) is 16.8 Å². The second-order valence-electron chi connectivity index (χ2n) is 36.0. The first kappa shape index (κ1) is 90.4. The average molecular weight is 1350 g/mol. The molecule has 546 valence electrons. The molecule has 0 bridgehead atoms. The number of amides is 1. The minimum Gasteiger partial charge on any atom is -0.396 e. The van der Waals surface area contributed by atoms with Crippen LogP contribution >= 0.6 is 11.8 Å². The van der Waals surface area contributed by atoms with E-state index in [2.05, 4.69) is 172 Å². The molecule has 6 heterocycles. The van der Waals surface area contributed by atoms with Crippen LogP contribution in [0.1, 0.15) is 249 Å². The van der Waals surface area contributed by atoms with E-state index in [0.29, 0.717) is 77.3 Å². The van der Waals surface area contributed by atoms with Gasteiger partial charge in [-0.2, -0.15) is 11.8 Å². The highest BCUT2D eigenvalue weighted by Gasteiger charge is 2.31. The quantitative estimate of drug-likeness (QED) is 0.159. The first-order valence-corrected chi connectivity index (χ1v) is 40.9. The molecule has 3 N–H and O–H groups in total. The van der Waals surface area contributed by atoms with E-state index in [-0.39, 0.29) is 22.8 Å². The lowest BCUT2D eigenvalue weighted by molar-refractivity contribution is -0.135. The number of hydrogen-bond donors (Lipinski definition) is 3. The lowest BCUT2D eigenvalue weighted by atomic mass is 9.73. The second kappa shape index (κ2) is 44.4. The van der Waals surface area contributed by atoms with Crippen molar-refractivity contribution in [2.75, 3.05) is 140 Å². The summed E-state index contributed by atoms with van der Waals surface area (Å²) in [5.41, 5.74) is 1.07. The first-order chi connectivity index (χ1) is 41.5. The Morgan fingerprint density at radius 2 is 0.934 bits per heavy atom. The summed E-state index contributed by atoms with van der Waals surface area (Å²) in [5.74, 6) is 10.5. The van der Waals surface area contributed by atoms with Gasteiger partial charge in [0.1, 0.15) is 9.84 Å². The number of ether oxygens (including phenoxy) is 2. The van der Waals surface area contributed by atoms with Crippen LogP contribution in [-0.2, 0) is 33.9 Å². The maximum absolute atomic E-state index is 12.2. The van der Waals surface area contributed by atoms with Gasteiger partial charge in [0.05, 0.1) is 54.5 Å². The predicted octanol–water partition coefficient (Wildman–Crippen LogP) is 14.6. The van der Waals surface area contributed by atoms with Crippen molar-refractivity contribution in [2.24, 2.45) is 68.5 Å². The zero-order valence-corrected chi connectivity index (χ0v) is 66.2. The molecular weight excluding hydrogens is 1200 g/mol. The number of rotatable bonds is 13. The van der Waals surface area contributed by atoms with Gasteiger partial charge in [0.25, 0.3) is 0 Å². The Labute approximate surface area is 569 Å². The van der Waals surface area contributed by atoms with Gasteiger partial charge in [0.15, 0.2) is 9.84 Å². The number of nitrogens with zero attached hydrogens (tertiary/aromatic N) is 4. The topological polar surface area (TPSA) is 177 Å². The van der Waals surface area contributed by atoms with E-state index < -0.39 is 25.3 Å². The van der Waals surface area contributed by atoms with Crippen molar-refractivity contribution in [3.8, 4) is 0 Å². The van der Waals surface area contributed by atoms with Crippen molar-refractivity contribution in [1.29, 1.82) is 0 Å². The van der Waals surface area contributed by atoms with Crippen LogP contribution in [0.5, 0.6) is 0 Å². The number of hydrogen-bond acceptors (Lipinski definition) is 14. The Bertz CT molecular complexity index is 1930. The van der Waals surface area contributed by atoms with Crippen LogP contribution in [-0.4, -0.2) is 209 Å². The van der Waals surface area contributed by atoms with Gasteiger partial charge >= 0.3 is 0 Å². The predicted molar refractivity (Wildman–Crippen MR) is 392 cm³/mol. The molecule has 0 spiro atoms. The molecule has 7 aliphatic rings. The number of piperazine rings is 1. The zero-order valence-electron chi connectivity index (χ0n) is 63.8. The first-order valence-electron chi connectivity index (χ1n) is 36.1. The Balaban J connectivity index is 0.00000104. The zero-order chi connectivity index (χ0) is 70.1. The Hall–Kier alpha value is -0.600. The monoisotopic (exact) mass is 1350 g/mol. The Kier molecular flexibility index (Phi) is 44.1. The fourth-order valence-corrected chi connectivity index (χ4v) is 17.1. The van der Waals surface area contributed by atoms with Gasteiger partial charge in [0.2, 0.25) is 5.91 Å². The maximum atomic E-state index is 12.2. The van der Waals surface area contributed by atoms with Crippen molar-refractivity contribution in [1.82, 2.24) is 19.6 Å². The van der Waals surface area contributed by atoms with Crippen LogP contribution in [0, 0.1) is 68.5 Å². The molecule has 17 heteroatoms. The molecule has 1 amide bonds. The molecule has 6 aliphatic heterocycles. The van der Waals surface area contributed by atoms with Crippen molar-refractivity contribution >= 4 is 37.3 Å². The summed E-state index contributed by atoms with van der Waals surface area (Å²) in [6.45, 7) is 63.7. The third-order valence-corrected chi connectivity index (χ3v) is 21.1. The van der Waals surface area contributed by atoms with Crippen LogP contribution in [0.3, 0.4) is 0 Å². The molecule has 91 heavy (non-hydrogen) atoms.